The molecule has 0 spiro atoms. The van der Waals surface area contributed by atoms with Crippen LogP contribution in [-0.4, -0.2) is 11.0 Å². The highest BCUT2D eigenvalue weighted by atomic mass is 35.5. The largest absolute Gasteiger partial charge is 0.508 e. The van der Waals surface area contributed by atoms with Crippen molar-refractivity contribution in [3.8, 4) is 5.75 Å². The van der Waals surface area contributed by atoms with Crippen molar-refractivity contribution < 1.29 is 9.90 Å². The highest BCUT2D eigenvalue weighted by molar-refractivity contribution is 6.33. The van der Waals surface area contributed by atoms with Crippen LogP contribution in [0.25, 0.3) is 0 Å². The van der Waals surface area contributed by atoms with Gasteiger partial charge in [-0.2, -0.15) is 0 Å². The Morgan fingerprint density at radius 3 is 2.42 bits per heavy atom. The summed E-state index contributed by atoms with van der Waals surface area (Å²) < 4.78 is 0. The Bertz CT molecular complexity index is 440. The Kier molecular flexibility index (Phi) is 5.08. The lowest BCUT2D eigenvalue weighted by molar-refractivity contribution is -0.120. The first-order valence-electron chi connectivity index (χ1n) is 6.96. The second-order valence-electron chi connectivity index (χ2n) is 5.20. The van der Waals surface area contributed by atoms with Crippen LogP contribution in [0.4, 0.5) is 5.69 Å². The number of hydrogen-bond donors (Lipinski definition) is 2. The van der Waals surface area contributed by atoms with Crippen molar-refractivity contribution >= 4 is 23.2 Å². The monoisotopic (exact) mass is 281 g/mol. The van der Waals surface area contributed by atoms with E-state index in [1.807, 2.05) is 0 Å². The maximum Gasteiger partial charge on any atom is 0.227 e. The molecule has 0 saturated heterocycles. The molecule has 3 nitrogen and oxygen atoms in total. The van der Waals surface area contributed by atoms with Gasteiger partial charge in [-0.25, -0.2) is 0 Å². The molecule has 1 saturated carbocycles. The lowest BCUT2D eigenvalue weighted by atomic mass is 9.90. The van der Waals surface area contributed by atoms with E-state index in [4.69, 9.17) is 11.6 Å². The van der Waals surface area contributed by atoms with Gasteiger partial charge < -0.3 is 10.4 Å². The first kappa shape index (κ1) is 14.2. The zero-order valence-electron chi connectivity index (χ0n) is 11.0. The maximum atomic E-state index is 12.2. The van der Waals surface area contributed by atoms with Crippen LogP contribution < -0.4 is 5.32 Å². The van der Waals surface area contributed by atoms with E-state index in [1.54, 1.807) is 6.07 Å². The molecule has 1 aromatic rings. The van der Waals surface area contributed by atoms with Gasteiger partial charge >= 0.3 is 0 Å². The van der Waals surface area contributed by atoms with Crippen LogP contribution in [0.5, 0.6) is 5.75 Å². The molecule has 0 bridgehead atoms. The fourth-order valence-electron chi connectivity index (χ4n) is 2.56. The molecule has 1 amide bonds. The van der Waals surface area contributed by atoms with Gasteiger partial charge in [0.2, 0.25) is 5.91 Å². The summed E-state index contributed by atoms with van der Waals surface area (Å²) in [7, 11) is 0. The normalized spacial score (nSPS) is 17.5. The molecule has 0 atom stereocenters. The first-order valence-corrected chi connectivity index (χ1v) is 7.34. The number of nitrogens with one attached hydrogen (secondary N) is 1. The summed E-state index contributed by atoms with van der Waals surface area (Å²) in [5.41, 5.74) is 0.575. The quantitative estimate of drug-likeness (QED) is 0.792. The number of phenols is 1. The zero-order chi connectivity index (χ0) is 13.7. The number of phenolic OH excluding ortho intramolecular Hbond substituents is 1. The number of carbonyl (C=O) groups excluding carboxylic acids is 1. The van der Waals surface area contributed by atoms with Crippen molar-refractivity contribution in [3.63, 3.8) is 0 Å². The molecule has 19 heavy (non-hydrogen) atoms. The Labute approximate surface area is 119 Å². The summed E-state index contributed by atoms with van der Waals surface area (Å²) >= 11 is 6.00. The van der Waals surface area contributed by atoms with Crippen LogP contribution in [0.2, 0.25) is 5.02 Å². The Hall–Kier alpha value is -1.22. The van der Waals surface area contributed by atoms with E-state index < -0.39 is 0 Å². The third-order valence-electron chi connectivity index (χ3n) is 3.69. The Balaban J connectivity index is 1.98. The van der Waals surface area contributed by atoms with E-state index in [1.165, 1.54) is 31.4 Å². The van der Waals surface area contributed by atoms with Crippen LogP contribution in [-0.2, 0) is 4.79 Å². The number of hydrogen-bond acceptors (Lipinski definition) is 2. The SMILES string of the molecule is O=C(Nc1ccc(O)cc1Cl)C1CCCCCCC1. The lowest BCUT2D eigenvalue weighted by Gasteiger charge is -2.19. The van der Waals surface area contributed by atoms with E-state index >= 15 is 0 Å². The molecule has 0 unspecified atom stereocenters. The molecule has 2 N–H and O–H groups in total. The van der Waals surface area contributed by atoms with Crippen molar-refractivity contribution in [1.82, 2.24) is 0 Å². The average Bonchev–Trinajstić information content (AvgIpc) is 2.32. The van der Waals surface area contributed by atoms with Gasteiger partial charge in [0.1, 0.15) is 5.75 Å². The second kappa shape index (κ2) is 6.80. The van der Waals surface area contributed by atoms with Gasteiger partial charge in [0.15, 0.2) is 0 Å². The van der Waals surface area contributed by atoms with Crippen molar-refractivity contribution in [2.75, 3.05) is 5.32 Å². The van der Waals surface area contributed by atoms with Crippen LogP contribution >= 0.6 is 11.6 Å². The van der Waals surface area contributed by atoms with Crippen molar-refractivity contribution in [2.24, 2.45) is 5.92 Å². The molecule has 4 heteroatoms. The fourth-order valence-corrected chi connectivity index (χ4v) is 2.78. The Morgan fingerprint density at radius 1 is 1.16 bits per heavy atom. The molecule has 0 heterocycles. The number of rotatable bonds is 2. The number of anilines is 1. The zero-order valence-corrected chi connectivity index (χ0v) is 11.7. The maximum absolute atomic E-state index is 12.2. The van der Waals surface area contributed by atoms with Gasteiger partial charge in [0.05, 0.1) is 10.7 Å². The van der Waals surface area contributed by atoms with E-state index in [2.05, 4.69) is 5.32 Å². The van der Waals surface area contributed by atoms with Gasteiger partial charge in [-0.1, -0.05) is 43.7 Å². The molecule has 0 radical (unpaired) electrons. The molecule has 1 aromatic carbocycles. The highest BCUT2D eigenvalue weighted by Crippen LogP contribution is 2.28. The van der Waals surface area contributed by atoms with Gasteiger partial charge in [-0.05, 0) is 25.0 Å². The summed E-state index contributed by atoms with van der Waals surface area (Å²) in [4.78, 5) is 12.2. The molecule has 1 fully saturated rings. The van der Waals surface area contributed by atoms with Crippen molar-refractivity contribution in [2.45, 2.75) is 44.9 Å². The van der Waals surface area contributed by atoms with Crippen LogP contribution in [0.15, 0.2) is 18.2 Å². The predicted molar refractivity (Wildman–Crippen MR) is 77.6 cm³/mol. The van der Waals surface area contributed by atoms with E-state index in [9.17, 15) is 9.90 Å². The van der Waals surface area contributed by atoms with Gasteiger partial charge in [0, 0.05) is 12.0 Å². The lowest BCUT2D eigenvalue weighted by Crippen LogP contribution is -2.23. The summed E-state index contributed by atoms with van der Waals surface area (Å²) in [6.07, 6.45) is 7.91. The number of carbonyl (C=O) groups is 1. The molecule has 0 aliphatic heterocycles. The van der Waals surface area contributed by atoms with Gasteiger partial charge in [0.25, 0.3) is 0 Å². The number of amides is 1. The third-order valence-corrected chi connectivity index (χ3v) is 4.00. The molecule has 104 valence electrons. The summed E-state index contributed by atoms with van der Waals surface area (Å²) in [5, 5.41) is 12.5. The number of halogens is 1. The van der Waals surface area contributed by atoms with Gasteiger partial charge in [-0.15, -0.1) is 0 Å². The molecular formula is C15H20ClNO2. The van der Waals surface area contributed by atoms with Crippen LogP contribution in [0.3, 0.4) is 0 Å². The van der Waals surface area contributed by atoms with Gasteiger partial charge in [-0.3, -0.25) is 4.79 Å². The molecule has 1 aliphatic carbocycles. The molecule has 2 rings (SSSR count). The predicted octanol–water partition coefficient (Wildman–Crippen LogP) is 4.34. The number of benzene rings is 1. The van der Waals surface area contributed by atoms with Crippen LogP contribution in [0.1, 0.15) is 44.9 Å². The standard InChI is InChI=1S/C15H20ClNO2/c16-13-10-12(18)8-9-14(13)17-15(19)11-6-4-2-1-3-5-7-11/h8-11,18H,1-7H2,(H,17,19). The van der Waals surface area contributed by atoms with E-state index in [0.717, 1.165) is 25.7 Å². The van der Waals surface area contributed by atoms with E-state index in [0.29, 0.717) is 10.7 Å². The fraction of sp³-hybridized carbons (Fsp3) is 0.533. The summed E-state index contributed by atoms with van der Waals surface area (Å²) in [5.74, 6) is 0.244. The van der Waals surface area contributed by atoms with Crippen molar-refractivity contribution in [3.05, 3.63) is 23.2 Å². The Morgan fingerprint density at radius 2 is 1.79 bits per heavy atom. The summed E-state index contributed by atoms with van der Waals surface area (Å²) in [6.45, 7) is 0. The molecular weight excluding hydrogens is 262 g/mol. The second-order valence-corrected chi connectivity index (χ2v) is 5.60. The minimum atomic E-state index is 0.0505. The summed E-state index contributed by atoms with van der Waals surface area (Å²) in [6, 6.07) is 4.60. The first-order chi connectivity index (χ1) is 9.16. The smallest absolute Gasteiger partial charge is 0.227 e. The minimum Gasteiger partial charge on any atom is -0.508 e. The van der Waals surface area contributed by atoms with Crippen LogP contribution in [0, 0.1) is 5.92 Å². The minimum absolute atomic E-state index is 0.0505. The number of aromatic hydroxyl groups is 1. The van der Waals surface area contributed by atoms with E-state index in [-0.39, 0.29) is 17.6 Å². The average molecular weight is 282 g/mol. The molecule has 1 aliphatic rings. The topological polar surface area (TPSA) is 49.3 Å². The third kappa shape index (κ3) is 4.13. The highest BCUT2D eigenvalue weighted by Gasteiger charge is 2.20. The molecule has 0 aromatic heterocycles. The van der Waals surface area contributed by atoms with Crippen molar-refractivity contribution in [1.29, 1.82) is 0 Å².